The third-order valence-corrected chi connectivity index (χ3v) is 8.29. The van der Waals surface area contributed by atoms with Crippen LogP contribution in [0.15, 0.2) is 54.9 Å². The van der Waals surface area contributed by atoms with Gasteiger partial charge in [-0.05, 0) is 85.7 Å². The Kier molecular flexibility index (Phi) is 7.68. The summed E-state index contributed by atoms with van der Waals surface area (Å²) in [7, 11) is 1.68. The van der Waals surface area contributed by atoms with Crippen molar-refractivity contribution in [2.75, 3.05) is 38.3 Å². The minimum absolute atomic E-state index is 0.468. The molecule has 3 aromatic rings. The van der Waals surface area contributed by atoms with E-state index in [2.05, 4.69) is 52.9 Å². The lowest BCUT2D eigenvalue weighted by atomic mass is 9.86. The van der Waals surface area contributed by atoms with Crippen molar-refractivity contribution in [3.63, 3.8) is 0 Å². The van der Waals surface area contributed by atoms with E-state index >= 15 is 0 Å². The molecule has 3 heterocycles. The number of nitrogens with zero attached hydrogens (tertiary/aromatic N) is 3. The average Bonchev–Trinajstić information content (AvgIpc) is 2.91. The Hall–Kier alpha value is -2.76. The van der Waals surface area contributed by atoms with Crippen molar-refractivity contribution in [3.8, 4) is 11.5 Å². The van der Waals surface area contributed by atoms with Gasteiger partial charge in [0.05, 0.1) is 18.7 Å². The Balaban J connectivity index is 1.27. The number of piperazine rings is 1. The fraction of sp³-hybridized carbons (Fsp3) is 0.433. The van der Waals surface area contributed by atoms with E-state index in [9.17, 15) is 0 Å². The van der Waals surface area contributed by atoms with Gasteiger partial charge in [-0.15, -0.1) is 0 Å². The zero-order valence-corrected chi connectivity index (χ0v) is 22.3. The molecule has 0 N–H and O–H groups in total. The van der Waals surface area contributed by atoms with Crippen LogP contribution in [0.3, 0.4) is 0 Å². The molecule has 2 aliphatic rings. The largest absolute Gasteiger partial charge is 0.495 e. The van der Waals surface area contributed by atoms with Gasteiger partial charge >= 0.3 is 0 Å². The Labute approximate surface area is 220 Å². The van der Waals surface area contributed by atoms with Crippen LogP contribution < -0.4 is 14.4 Å². The molecule has 0 aliphatic carbocycles. The van der Waals surface area contributed by atoms with Crippen molar-refractivity contribution in [3.05, 3.63) is 82.1 Å². The van der Waals surface area contributed by atoms with Gasteiger partial charge in [-0.25, -0.2) is 0 Å². The van der Waals surface area contributed by atoms with Crippen molar-refractivity contribution in [2.24, 2.45) is 0 Å². The Morgan fingerprint density at radius 2 is 1.81 bits per heavy atom. The molecule has 190 valence electrons. The minimum atomic E-state index is 0.468. The monoisotopic (exact) mass is 505 g/mol. The summed E-state index contributed by atoms with van der Waals surface area (Å²) in [5.41, 5.74) is 6.53. The van der Waals surface area contributed by atoms with E-state index in [4.69, 9.17) is 21.1 Å². The van der Waals surface area contributed by atoms with Gasteiger partial charge in [-0.2, -0.15) is 0 Å². The van der Waals surface area contributed by atoms with Crippen LogP contribution in [0.1, 0.15) is 47.6 Å². The van der Waals surface area contributed by atoms with Crippen LogP contribution in [-0.2, 0) is 6.42 Å². The lowest BCUT2D eigenvalue weighted by molar-refractivity contribution is 0.0712. The van der Waals surface area contributed by atoms with E-state index in [1.165, 1.54) is 47.2 Å². The summed E-state index contributed by atoms with van der Waals surface area (Å²) in [6.45, 7) is 8.24. The third-order valence-electron chi connectivity index (χ3n) is 7.98. The number of piperidine rings is 1. The number of benzene rings is 2. The first-order valence-electron chi connectivity index (χ1n) is 13.0. The second kappa shape index (κ2) is 11.1. The van der Waals surface area contributed by atoms with Crippen molar-refractivity contribution in [2.45, 2.75) is 51.6 Å². The van der Waals surface area contributed by atoms with Crippen LogP contribution in [0, 0.1) is 13.8 Å². The number of fused-ring (bicyclic) bond motifs is 1. The predicted octanol–water partition coefficient (Wildman–Crippen LogP) is 6.40. The highest BCUT2D eigenvalue weighted by molar-refractivity contribution is 6.32. The number of ether oxygens (including phenoxy) is 2. The molecular formula is C30H36ClN3O2. The molecule has 2 saturated heterocycles. The molecule has 2 fully saturated rings. The fourth-order valence-corrected chi connectivity index (χ4v) is 6.02. The Morgan fingerprint density at radius 1 is 0.972 bits per heavy atom. The van der Waals surface area contributed by atoms with Gasteiger partial charge in [0, 0.05) is 62.3 Å². The van der Waals surface area contributed by atoms with E-state index in [1.54, 1.807) is 7.11 Å². The topological polar surface area (TPSA) is 37.8 Å². The highest BCUT2D eigenvalue weighted by Crippen LogP contribution is 2.40. The number of hydrogen-bond acceptors (Lipinski definition) is 5. The normalized spacial score (nSPS) is 20.2. The molecule has 2 aromatic carbocycles. The molecule has 5 nitrogen and oxygen atoms in total. The molecule has 0 radical (unpaired) electrons. The van der Waals surface area contributed by atoms with Crippen LogP contribution in [0.2, 0.25) is 5.02 Å². The summed E-state index contributed by atoms with van der Waals surface area (Å²) < 4.78 is 11.7. The van der Waals surface area contributed by atoms with Crippen molar-refractivity contribution in [1.29, 1.82) is 0 Å². The lowest BCUT2D eigenvalue weighted by Gasteiger charge is -2.49. The fourth-order valence-electron chi connectivity index (χ4n) is 5.83. The molecule has 0 saturated carbocycles. The summed E-state index contributed by atoms with van der Waals surface area (Å²) in [4.78, 5) is 9.33. The number of methoxy groups -OCH3 is 1. The Bertz CT molecular complexity index is 1190. The number of aromatic nitrogens is 1. The molecule has 1 aromatic heterocycles. The number of anilines is 1. The van der Waals surface area contributed by atoms with Gasteiger partial charge in [-0.1, -0.05) is 17.7 Å². The third kappa shape index (κ3) is 5.18. The van der Waals surface area contributed by atoms with E-state index in [0.29, 0.717) is 23.7 Å². The number of rotatable bonds is 7. The summed E-state index contributed by atoms with van der Waals surface area (Å²) in [5, 5.41) is 0.660. The zero-order valence-electron chi connectivity index (χ0n) is 21.5. The first-order chi connectivity index (χ1) is 17.5. The Morgan fingerprint density at radius 3 is 2.61 bits per heavy atom. The second-order valence-corrected chi connectivity index (χ2v) is 10.4. The van der Waals surface area contributed by atoms with E-state index in [1.807, 2.05) is 30.6 Å². The van der Waals surface area contributed by atoms with E-state index in [-0.39, 0.29) is 0 Å². The van der Waals surface area contributed by atoms with Crippen molar-refractivity contribution in [1.82, 2.24) is 9.88 Å². The van der Waals surface area contributed by atoms with Crippen LogP contribution in [0.4, 0.5) is 5.69 Å². The van der Waals surface area contributed by atoms with E-state index in [0.717, 1.165) is 37.6 Å². The highest BCUT2D eigenvalue weighted by atomic mass is 35.5. The average molecular weight is 506 g/mol. The molecular weight excluding hydrogens is 470 g/mol. The number of halogens is 1. The van der Waals surface area contributed by atoms with Gasteiger partial charge in [0.15, 0.2) is 0 Å². The molecule has 0 spiro atoms. The molecule has 6 heteroatoms. The summed E-state index contributed by atoms with van der Waals surface area (Å²) in [6.07, 6.45) is 8.27. The maximum absolute atomic E-state index is 6.26. The first-order valence-corrected chi connectivity index (χ1v) is 13.4. The predicted molar refractivity (Wildman–Crippen MR) is 147 cm³/mol. The summed E-state index contributed by atoms with van der Waals surface area (Å²) in [5.74, 6) is 1.74. The SMILES string of the molecule is COc1cc(N2CCN3[C@@H](CCC[C@@H]3c3ccc(OCCc4ccncc4)c(C)c3C)C2)ccc1Cl. The number of pyridine rings is 1. The summed E-state index contributed by atoms with van der Waals surface area (Å²) >= 11 is 6.26. The standard InChI is InChI=1S/C30H36ClN3O2/c1-21-22(2)29(36-18-13-23-11-14-32-15-12-23)10-8-26(21)28-6-4-5-25-20-33(16-17-34(25)28)24-7-9-27(31)30(19-24)35-3/h7-12,14-15,19,25,28H,4-6,13,16-18,20H2,1-3H3/t25-,28+/m0/s1. The molecule has 0 amide bonds. The molecule has 36 heavy (non-hydrogen) atoms. The van der Waals surface area contributed by atoms with Crippen molar-refractivity contribution < 1.29 is 9.47 Å². The first kappa shape index (κ1) is 24.9. The maximum Gasteiger partial charge on any atom is 0.139 e. The van der Waals surface area contributed by atoms with Crippen LogP contribution in [-0.4, -0.2) is 49.3 Å². The smallest absolute Gasteiger partial charge is 0.139 e. The lowest BCUT2D eigenvalue weighted by Crippen LogP contribution is -2.56. The van der Waals surface area contributed by atoms with Gasteiger partial charge in [0.2, 0.25) is 0 Å². The minimum Gasteiger partial charge on any atom is -0.495 e. The molecule has 0 bridgehead atoms. The zero-order chi connectivity index (χ0) is 25.1. The maximum atomic E-state index is 6.26. The highest BCUT2D eigenvalue weighted by Gasteiger charge is 2.36. The van der Waals surface area contributed by atoms with E-state index < -0.39 is 0 Å². The molecule has 0 unspecified atom stereocenters. The molecule has 5 rings (SSSR count). The molecule has 2 aliphatic heterocycles. The van der Waals surface area contributed by atoms with Crippen molar-refractivity contribution >= 4 is 17.3 Å². The molecule has 2 atom stereocenters. The van der Waals surface area contributed by atoms with Crippen LogP contribution in [0.25, 0.3) is 0 Å². The van der Waals surface area contributed by atoms with Crippen LogP contribution >= 0.6 is 11.6 Å². The van der Waals surface area contributed by atoms with Gasteiger partial charge in [0.25, 0.3) is 0 Å². The van der Waals surface area contributed by atoms with Gasteiger partial charge in [-0.3, -0.25) is 9.88 Å². The van der Waals surface area contributed by atoms with Crippen LogP contribution in [0.5, 0.6) is 11.5 Å². The number of hydrogen-bond donors (Lipinski definition) is 0. The quantitative estimate of drug-likeness (QED) is 0.371. The second-order valence-electron chi connectivity index (χ2n) is 9.96. The van der Waals surface area contributed by atoms with Gasteiger partial charge in [0.1, 0.15) is 11.5 Å². The van der Waals surface area contributed by atoms with Gasteiger partial charge < -0.3 is 14.4 Å². The summed E-state index contributed by atoms with van der Waals surface area (Å²) in [6, 6.07) is 15.7.